The van der Waals surface area contributed by atoms with E-state index in [9.17, 15) is 18.0 Å². The molecular formula is C11H15F3N4O. The Morgan fingerprint density at radius 1 is 1.47 bits per heavy atom. The Kier molecular flexibility index (Phi) is 4.71. The molecule has 106 valence electrons. The third kappa shape index (κ3) is 4.40. The molecule has 1 aromatic rings. The van der Waals surface area contributed by atoms with Crippen LogP contribution in [0.5, 0.6) is 0 Å². The molecule has 0 bridgehead atoms. The van der Waals surface area contributed by atoms with Crippen molar-refractivity contribution in [3.63, 3.8) is 0 Å². The lowest BCUT2D eigenvalue weighted by molar-refractivity contribution is -0.143. The number of aromatic nitrogens is 1. The van der Waals surface area contributed by atoms with Crippen molar-refractivity contribution >= 4 is 11.7 Å². The number of pyridine rings is 1. The Hall–Kier alpha value is -1.83. The van der Waals surface area contributed by atoms with Gasteiger partial charge < -0.3 is 10.3 Å². The molecular weight excluding hydrogens is 261 g/mol. The second-order valence-corrected chi connectivity index (χ2v) is 4.19. The first-order valence-electron chi connectivity index (χ1n) is 5.56. The van der Waals surface area contributed by atoms with E-state index < -0.39 is 24.7 Å². The van der Waals surface area contributed by atoms with Gasteiger partial charge in [0.15, 0.2) is 0 Å². The van der Waals surface area contributed by atoms with Gasteiger partial charge in [0.25, 0.3) is 5.91 Å². The highest BCUT2D eigenvalue weighted by atomic mass is 19.4. The average molecular weight is 276 g/mol. The van der Waals surface area contributed by atoms with Crippen molar-refractivity contribution in [3.05, 3.63) is 23.9 Å². The van der Waals surface area contributed by atoms with Gasteiger partial charge >= 0.3 is 6.18 Å². The zero-order valence-electron chi connectivity index (χ0n) is 10.5. The summed E-state index contributed by atoms with van der Waals surface area (Å²) in [6, 6.07) is 3.74. The summed E-state index contributed by atoms with van der Waals surface area (Å²) in [6.45, 7) is 1.70. The first-order chi connectivity index (χ1) is 8.74. The largest absolute Gasteiger partial charge is 0.406 e. The van der Waals surface area contributed by atoms with Crippen LogP contribution in [0.3, 0.4) is 0 Å². The molecule has 0 aromatic carbocycles. The predicted molar refractivity (Wildman–Crippen MR) is 64.3 cm³/mol. The third-order valence-electron chi connectivity index (χ3n) is 2.35. The minimum absolute atomic E-state index is 0.0894. The van der Waals surface area contributed by atoms with Crippen molar-refractivity contribution in [3.8, 4) is 0 Å². The first-order valence-corrected chi connectivity index (χ1v) is 5.56. The summed E-state index contributed by atoms with van der Waals surface area (Å²) in [7, 11) is 0. The Balaban J connectivity index is 2.99. The molecule has 0 fully saturated rings. The molecule has 3 N–H and O–H groups in total. The molecule has 0 aliphatic rings. The number of nitrogens with one attached hydrogen (secondary N) is 1. The average Bonchev–Trinajstić information content (AvgIpc) is 2.34. The second kappa shape index (κ2) is 5.87. The number of hydrazine groups is 1. The molecule has 0 radical (unpaired) electrons. The van der Waals surface area contributed by atoms with Gasteiger partial charge in [0.2, 0.25) is 0 Å². The minimum atomic E-state index is -4.45. The molecule has 19 heavy (non-hydrogen) atoms. The maximum Gasteiger partial charge on any atom is 0.406 e. The predicted octanol–water partition coefficient (Wildman–Crippen LogP) is 1.78. The number of nitrogen functional groups attached to an aromatic ring is 1. The third-order valence-corrected chi connectivity index (χ3v) is 2.35. The summed E-state index contributed by atoms with van der Waals surface area (Å²) in [5.41, 5.74) is 2.15. The lowest BCUT2D eigenvalue weighted by atomic mass is 10.2. The Labute approximate surface area is 108 Å². The SMILES string of the molecule is CC(C)N(CC(F)(F)F)C(=O)c1cccc(NN)n1. The van der Waals surface area contributed by atoms with Gasteiger partial charge in [0.1, 0.15) is 18.1 Å². The van der Waals surface area contributed by atoms with Crippen LogP contribution in [0.15, 0.2) is 18.2 Å². The van der Waals surface area contributed by atoms with Crippen LogP contribution in [-0.4, -0.2) is 34.6 Å². The molecule has 0 aliphatic heterocycles. The molecule has 1 heterocycles. The second-order valence-electron chi connectivity index (χ2n) is 4.19. The molecule has 1 amide bonds. The minimum Gasteiger partial charge on any atom is -0.326 e. The fourth-order valence-electron chi connectivity index (χ4n) is 1.46. The normalized spacial score (nSPS) is 11.5. The van der Waals surface area contributed by atoms with Crippen LogP contribution in [0.25, 0.3) is 0 Å². The molecule has 1 aromatic heterocycles. The number of hydrogen-bond acceptors (Lipinski definition) is 4. The zero-order valence-corrected chi connectivity index (χ0v) is 10.5. The van der Waals surface area contributed by atoms with Gasteiger partial charge in [-0.05, 0) is 26.0 Å². The summed E-state index contributed by atoms with van der Waals surface area (Å²) >= 11 is 0. The Morgan fingerprint density at radius 2 is 2.11 bits per heavy atom. The highest BCUT2D eigenvalue weighted by Gasteiger charge is 2.34. The smallest absolute Gasteiger partial charge is 0.326 e. The maximum absolute atomic E-state index is 12.4. The number of carbonyl (C=O) groups is 1. The zero-order chi connectivity index (χ0) is 14.6. The molecule has 0 aliphatic carbocycles. The van der Waals surface area contributed by atoms with Crippen LogP contribution in [-0.2, 0) is 0 Å². The van der Waals surface area contributed by atoms with Crippen LogP contribution in [0, 0.1) is 0 Å². The van der Waals surface area contributed by atoms with E-state index in [1.54, 1.807) is 0 Å². The molecule has 0 saturated heterocycles. The summed E-state index contributed by atoms with van der Waals surface area (Å²) in [5, 5.41) is 0. The quantitative estimate of drug-likeness (QED) is 0.649. The summed E-state index contributed by atoms with van der Waals surface area (Å²) in [5.74, 6) is 4.56. The van der Waals surface area contributed by atoms with E-state index in [0.29, 0.717) is 4.90 Å². The van der Waals surface area contributed by atoms with E-state index >= 15 is 0 Å². The van der Waals surface area contributed by atoms with Crippen molar-refractivity contribution in [1.82, 2.24) is 9.88 Å². The standard InChI is InChI=1S/C11H15F3N4O/c1-7(2)18(6-11(12,13)14)10(19)8-4-3-5-9(16-8)17-15/h3-5,7H,6,15H2,1-2H3,(H,16,17). The highest BCUT2D eigenvalue weighted by Crippen LogP contribution is 2.19. The van der Waals surface area contributed by atoms with Crippen molar-refractivity contribution in [2.45, 2.75) is 26.1 Å². The van der Waals surface area contributed by atoms with Crippen LogP contribution >= 0.6 is 0 Å². The van der Waals surface area contributed by atoms with E-state index in [-0.39, 0.29) is 11.5 Å². The number of alkyl halides is 3. The van der Waals surface area contributed by atoms with E-state index in [1.807, 2.05) is 0 Å². The molecule has 0 atom stereocenters. The van der Waals surface area contributed by atoms with Gasteiger partial charge in [-0.1, -0.05) is 6.07 Å². The Morgan fingerprint density at radius 3 is 2.58 bits per heavy atom. The lowest BCUT2D eigenvalue weighted by Gasteiger charge is -2.27. The van der Waals surface area contributed by atoms with Gasteiger partial charge in [-0.3, -0.25) is 4.79 Å². The van der Waals surface area contributed by atoms with E-state index in [4.69, 9.17) is 5.84 Å². The van der Waals surface area contributed by atoms with Crippen molar-refractivity contribution in [2.24, 2.45) is 5.84 Å². The molecule has 0 unspecified atom stereocenters. The number of nitrogens with two attached hydrogens (primary N) is 1. The fourth-order valence-corrected chi connectivity index (χ4v) is 1.46. The number of nitrogens with zero attached hydrogens (tertiary/aromatic N) is 2. The maximum atomic E-state index is 12.4. The number of rotatable bonds is 4. The van der Waals surface area contributed by atoms with Crippen molar-refractivity contribution < 1.29 is 18.0 Å². The summed E-state index contributed by atoms with van der Waals surface area (Å²) < 4.78 is 37.3. The van der Waals surface area contributed by atoms with Gasteiger partial charge in [-0.25, -0.2) is 10.8 Å². The van der Waals surface area contributed by atoms with Gasteiger partial charge in [-0.15, -0.1) is 0 Å². The molecule has 1 rings (SSSR count). The molecule has 0 saturated carbocycles. The lowest BCUT2D eigenvalue weighted by Crippen LogP contribution is -2.43. The van der Waals surface area contributed by atoms with Crippen molar-refractivity contribution in [2.75, 3.05) is 12.0 Å². The number of hydrogen-bond donors (Lipinski definition) is 2. The van der Waals surface area contributed by atoms with E-state index in [1.165, 1.54) is 32.0 Å². The van der Waals surface area contributed by atoms with Crippen LogP contribution in [0.4, 0.5) is 19.0 Å². The fraction of sp³-hybridized carbons (Fsp3) is 0.455. The molecule has 0 spiro atoms. The van der Waals surface area contributed by atoms with Crippen LogP contribution in [0.2, 0.25) is 0 Å². The van der Waals surface area contributed by atoms with E-state index in [0.717, 1.165) is 0 Å². The van der Waals surface area contributed by atoms with Gasteiger partial charge in [0.05, 0.1) is 0 Å². The number of anilines is 1. The van der Waals surface area contributed by atoms with Gasteiger partial charge in [-0.2, -0.15) is 13.2 Å². The Bertz CT molecular complexity index is 448. The monoisotopic (exact) mass is 276 g/mol. The van der Waals surface area contributed by atoms with Crippen molar-refractivity contribution in [1.29, 1.82) is 0 Å². The summed E-state index contributed by atoms with van der Waals surface area (Å²) in [6.07, 6.45) is -4.45. The molecule has 8 heteroatoms. The summed E-state index contributed by atoms with van der Waals surface area (Å²) in [4.78, 5) is 16.6. The number of amides is 1. The highest BCUT2D eigenvalue weighted by molar-refractivity contribution is 5.92. The molecule has 5 nitrogen and oxygen atoms in total. The first kappa shape index (κ1) is 15.2. The number of halogens is 3. The van der Waals surface area contributed by atoms with Crippen LogP contribution < -0.4 is 11.3 Å². The van der Waals surface area contributed by atoms with Crippen LogP contribution in [0.1, 0.15) is 24.3 Å². The van der Waals surface area contributed by atoms with Gasteiger partial charge in [0, 0.05) is 6.04 Å². The van der Waals surface area contributed by atoms with E-state index in [2.05, 4.69) is 10.4 Å². The topological polar surface area (TPSA) is 71.2 Å². The number of carbonyl (C=O) groups excluding carboxylic acids is 1.